The molecule has 0 heterocycles. The molecular weight excluding hydrogens is 234 g/mol. The first-order valence-electron chi connectivity index (χ1n) is 5.75. The predicted molar refractivity (Wildman–Crippen MR) is 67.9 cm³/mol. The molecule has 0 fully saturated rings. The molecule has 0 radical (unpaired) electrons. The number of carbonyl (C=O) groups excluding carboxylic acids is 1. The Morgan fingerprint density at radius 3 is 2.67 bits per heavy atom. The van der Waals surface area contributed by atoms with Crippen LogP contribution in [0, 0.1) is 0 Å². The third-order valence-electron chi connectivity index (χ3n) is 2.56. The molecule has 1 aromatic carbocycles. The van der Waals surface area contributed by atoms with Crippen LogP contribution in [0.5, 0.6) is 11.5 Å². The summed E-state index contributed by atoms with van der Waals surface area (Å²) in [4.78, 5) is 11.2. The van der Waals surface area contributed by atoms with Gasteiger partial charge < -0.3 is 19.9 Å². The summed E-state index contributed by atoms with van der Waals surface area (Å²) in [6.07, 6.45) is -0.379. The van der Waals surface area contributed by atoms with Crippen molar-refractivity contribution in [2.45, 2.75) is 19.4 Å². The third kappa shape index (κ3) is 3.92. The van der Waals surface area contributed by atoms with Crippen molar-refractivity contribution in [1.29, 1.82) is 0 Å². The first-order chi connectivity index (χ1) is 8.58. The van der Waals surface area contributed by atoms with Crippen molar-refractivity contribution in [3.05, 3.63) is 23.8 Å². The molecule has 2 N–H and O–H groups in total. The van der Waals surface area contributed by atoms with Gasteiger partial charge in [-0.2, -0.15) is 0 Å². The molecule has 1 amide bonds. The van der Waals surface area contributed by atoms with Crippen molar-refractivity contribution >= 4 is 5.91 Å². The van der Waals surface area contributed by atoms with Gasteiger partial charge in [0.25, 0.3) is 0 Å². The van der Waals surface area contributed by atoms with Crippen molar-refractivity contribution in [2.24, 2.45) is 0 Å². The van der Waals surface area contributed by atoms with Crippen LogP contribution >= 0.6 is 0 Å². The molecule has 5 nitrogen and oxygen atoms in total. The van der Waals surface area contributed by atoms with Gasteiger partial charge in [-0.15, -0.1) is 0 Å². The second-order valence-electron chi connectivity index (χ2n) is 3.89. The number of aliphatic hydroxyl groups is 1. The van der Waals surface area contributed by atoms with E-state index in [9.17, 15) is 4.79 Å². The molecule has 1 rings (SSSR count). The Bertz CT molecular complexity index is 404. The fourth-order valence-electron chi connectivity index (χ4n) is 1.55. The van der Waals surface area contributed by atoms with Crippen LogP contribution in [0.1, 0.15) is 12.5 Å². The lowest BCUT2D eigenvalue weighted by Crippen LogP contribution is -2.33. The smallest absolute Gasteiger partial charge is 0.248 e. The average molecular weight is 253 g/mol. The highest BCUT2D eigenvalue weighted by molar-refractivity contribution is 5.79. The van der Waals surface area contributed by atoms with E-state index in [1.165, 1.54) is 6.92 Å². The molecule has 100 valence electrons. The van der Waals surface area contributed by atoms with Gasteiger partial charge in [0.05, 0.1) is 14.2 Å². The van der Waals surface area contributed by atoms with Gasteiger partial charge in [-0.1, -0.05) is 0 Å². The minimum atomic E-state index is -0.989. The molecule has 0 aliphatic carbocycles. The van der Waals surface area contributed by atoms with E-state index in [2.05, 4.69) is 5.32 Å². The second-order valence-corrected chi connectivity index (χ2v) is 3.89. The number of hydrogen-bond acceptors (Lipinski definition) is 4. The number of ether oxygens (including phenoxy) is 2. The maximum Gasteiger partial charge on any atom is 0.248 e. The molecule has 0 spiro atoms. The summed E-state index contributed by atoms with van der Waals surface area (Å²) in [6, 6.07) is 5.51. The number of benzene rings is 1. The number of hydrogen-bond donors (Lipinski definition) is 2. The maximum atomic E-state index is 11.2. The molecule has 0 saturated carbocycles. The van der Waals surface area contributed by atoms with E-state index in [1.807, 2.05) is 18.2 Å². The minimum absolute atomic E-state index is 0.378. The van der Waals surface area contributed by atoms with Crippen LogP contribution in [0.25, 0.3) is 0 Å². The number of aliphatic hydroxyl groups excluding tert-OH is 1. The highest BCUT2D eigenvalue weighted by Gasteiger charge is 2.09. The van der Waals surface area contributed by atoms with E-state index in [-0.39, 0.29) is 5.91 Å². The van der Waals surface area contributed by atoms with Gasteiger partial charge in [0, 0.05) is 6.54 Å². The first kappa shape index (κ1) is 14.3. The van der Waals surface area contributed by atoms with Crippen molar-refractivity contribution in [1.82, 2.24) is 5.32 Å². The van der Waals surface area contributed by atoms with Crippen molar-refractivity contribution in [2.75, 3.05) is 20.8 Å². The zero-order chi connectivity index (χ0) is 13.5. The van der Waals surface area contributed by atoms with Crippen LogP contribution in [0.4, 0.5) is 0 Å². The zero-order valence-electron chi connectivity index (χ0n) is 10.9. The van der Waals surface area contributed by atoms with Gasteiger partial charge in [-0.25, -0.2) is 0 Å². The fraction of sp³-hybridized carbons (Fsp3) is 0.462. The van der Waals surface area contributed by atoms with Crippen LogP contribution in [0.3, 0.4) is 0 Å². The highest BCUT2D eigenvalue weighted by atomic mass is 16.5. The summed E-state index contributed by atoms with van der Waals surface area (Å²) in [5.74, 6) is 1.12. The molecule has 1 unspecified atom stereocenters. The van der Waals surface area contributed by atoms with E-state index in [1.54, 1.807) is 14.2 Å². The topological polar surface area (TPSA) is 67.8 Å². The summed E-state index contributed by atoms with van der Waals surface area (Å²) in [6.45, 7) is 1.87. The van der Waals surface area contributed by atoms with E-state index < -0.39 is 6.10 Å². The Hall–Kier alpha value is -1.75. The van der Waals surface area contributed by atoms with Crippen molar-refractivity contribution in [3.8, 4) is 11.5 Å². The molecule has 0 aliphatic heterocycles. The molecule has 0 bridgehead atoms. The second kappa shape index (κ2) is 6.86. The number of amides is 1. The Labute approximate surface area is 107 Å². The van der Waals surface area contributed by atoms with Crippen molar-refractivity contribution in [3.63, 3.8) is 0 Å². The van der Waals surface area contributed by atoms with Gasteiger partial charge >= 0.3 is 0 Å². The Kier molecular flexibility index (Phi) is 5.45. The van der Waals surface area contributed by atoms with E-state index >= 15 is 0 Å². The maximum absolute atomic E-state index is 11.2. The zero-order valence-corrected chi connectivity index (χ0v) is 10.9. The van der Waals surface area contributed by atoms with Gasteiger partial charge in [0.15, 0.2) is 0 Å². The van der Waals surface area contributed by atoms with Gasteiger partial charge in [0.2, 0.25) is 5.91 Å². The number of rotatable bonds is 6. The summed E-state index contributed by atoms with van der Waals surface area (Å²) in [7, 11) is 3.19. The summed E-state index contributed by atoms with van der Waals surface area (Å²) in [5, 5.41) is 11.7. The quantitative estimate of drug-likeness (QED) is 0.785. The third-order valence-corrected chi connectivity index (χ3v) is 2.56. The molecule has 18 heavy (non-hydrogen) atoms. The van der Waals surface area contributed by atoms with E-state index in [0.717, 1.165) is 17.1 Å². The monoisotopic (exact) mass is 253 g/mol. The fourth-order valence-corrected chi connectivity index (χ4v) is 1.55. The lowest BCUT2D eigenvalue weighted by atomic mass is 10.1. The molecule has 1 aromatic rings. The van der Waals surface area contributed by atoms with Crippen molar-refractivity contribution < 1.29 is 19.4 Å². The summed E-state index contributed by atoms with van der Waals surface area (Å²) in [5.41, 5.74) is 0.947. The molecule has 0 saturated heterocycles. The van der Waals surface area contributed by atoms with Gasteiger partial charge in [-0.3, -0.25) is 4.79 Å². The Morgan fingerprint density at radius 1 is 1.39 bits per heavy atom. The van der Waals surface area contributed by atoms with Crippen LogP contribution in [-0.4, -0.2) is 37.9 Å². The lowest BCUT2D eigenvalue weighted by Gasteiger charge is -2.11. The molecule has 1 atom stereocenters. The van der Waals surface area contributed by atoms with E-state index in [0.29, 0.717) is 13.0 Å². The van der Waals surface area contributed by atoms with Crippen LogP contribution in [-0.2, 0) is 11.2 Å². The molecule has 0 aromatic heterocycles. The van der Waals surface area contributed by atoms with Gasteiger partial charge in [0.1, 0.15) is 17.6 Å². The number of carbonyl (C=O) groups is 1. The average Bonchev–Trinajstić information content (AvgIpc) is 2.38. The highest BCUT2D eigenvalue weighted by Crippen LogP contribution is 2.23. The minimum Gasteiger partial charge on any atom is -0.497 e. The standard InChI is InChI=1S/C13H19NO4/c1-9(15)13(16)14-7-6-10-8-11(17-2)4-5-12(10)18-3/h4-5,8-9,15H,6-7H2,1-3H3,(H,14,16). The Morgan fingerprint density at radius 2 is 2.11 bits per heavy atom. The van der Waals surface area contributed by atoms with Gasteiger partial charge in [-0.05, 0) is 37.1 Å². The van der Waals surface area contributed by atoms with E-state index in [4.69, 9.17) is 14.6 Å². The molecule has 0 aliphatic rings. The number of nitrogens with one attached hydrogen (secondary N) is 1. The first-order valence-corrected chi connectivity index (χ1v) is 5.75. The summed E-state index contributed by atoms with van der Waals surface area (Å²) >= 11 is 0. The lowest BCUT2D eigenvalue weighted by molar-refractivity contribution is -0.128. The van der Waals surface area contributed by atoms with Crippen LogP contribution < -0.4 is 14.8 Å². The largest absolute Gasteiger partial charge is 0.497 e. The molecule has 5 heteroatoms. The number of methoxy groups -OCH3 is 2. The normalized spacial score (nSPS) is 11.8. The SMILES string of the molecule is COc1ccc(OC)c(CCNC(=O)C(C)O)c1. The van der Waals surface area contributed by atoms with Crippen LogP contribution in [0.15, 0.2) is 18.2 Å². The molecular formula is C13H19NO4. The summed E-state index contributed by atoms with van der Waals surface area (Å²) < 4.78 is 10.4. The predicted octanol–water partition coefficient (Wildman–Crippen LogP) is 0.743. The Balaban J connectivity index is 2.62. The van der Waals surface area contributed by atoms with Crippen LogP contribution in [0.2, 0.25) is 0 Å².